The van der Waals surface area contributed by atoms with Gasteiger partial charge in [0, 0.05) is 31.9 Å². The van der Waals surface area contributed by atoms with Gasteiger partial charge in [-0.1, -0.05) is 12.1 Å². The van der Waals surface area contributed by atoms with Crippen molar-refractivity contribution in [3.05, 3.63) is 29.3 Å². The lowest BCUT2D eigenvalue weighted by Gasteiger charge is -2.26. The first-order valence-electron chi connectivity index (χ1n) is 8.64. The molecule has 150 valence electrons. The molecule has 1 aliphatic rings. The Bertz CT molecular complexity index is 632. The molecule has 0 radical (unpaired) electrons. The van der Waals surface area contributed by atoms with Gasteiger partial charge in [-0.25, -0.2) is 9.59 Å². The third-order valence-electron chi connectivity index (χ3n) is 4.06. The molecule has 1 amide bonds. The molecule has 1 fully saturated rings. The number of carbonyl (C=O) groups excluding carboxylic acids is 1. The lowest BCUT2D eigenvalue weighted by molar-refractivity contribution is -0.159. The topological polar surface area (TPSA) is 128 Å². The van der Waals surface area contributed by atoms with Crippen LogP contribution in [0.3, 0.4) is 0 Å². The molecule has 0 unspecified atom stereocenters. The van der Waals surface area contributed by atoms with Crippen LogP contribution in [0.25, 0.3) is 0 Å². The summed E-state index contributed by atoms with van der Waals surface area (Å²) in [5.41, 5.74) is 3.21. The Labute approximate surface area is 158 Å². The van der Waals surface area contributed by atoms with Gasteiger partial charge >= 0.3 is 11.9 Å². The van der Waals surface area contributed by atoms with Gasteiger partial charge in [0.2, 0.25) is 5.91 Å². The number of hydrogen-bond acceptors (Lipinski definition) is 6. The van der Waals surface area contributed by atoms with Crippen LogP contribution in [-0.4, -0.2) is 78.9 Å². The fraction of sp³-hybridized carbons (Fsp3) is 0.500. The van der Waals surface area contributed by atoms with Gasteiger partial charge in [-0.15, -0.1) is 0 Å². The summed E-state index contributed by atoms with van der Waals surface area (Å²) in [4.78, 5) is 32.5. The number of benzene rings is 1. The molecular formula is C18H27N3O6. The van der Waals surface area contributed by atoms with Crippen LogP contribution >= 0.6 is 0 Å². The minimum absolute atomic E-state index is 0.00526. The number of ether oxygens (including phenoxy) is 1. The van der Waals surface area contributed by atoms with Crippen molar-refractivity contribution in [3.8, 4) is 0 Å². The van der Waals surface area contributed by atoms with Crippen LogP contribution < -0.4 is 10.6 Å². The maximum Gasteiger partial charge on any atom is 0.414 e. The number of aryl methyl sites for hydroxylation is 1. The number of aliphatic carboxylic acids is 2. The van der Waals surface area contributed by atoms with Gasteiger partial charge < -0.3 is 25.6 Å². The number of carboxylic acids is 2. The molecule has 0 spiro atoms. The molecule has 0 bridgehead atoms. The Hall–Kier alpha value is -2.49. The molecule has 27 heavy (non-hydrogen) atoms. The molecule has 1 aliphatic heterocycles. The molecule has 1 saturated heterocycles. The summed E-state index contributed by atoms with van der Waals surface area (Å²) >= 11 is 0. The summed E-state index contributed by atoms with van der Waals surface area (Å²) in [7, 11) is 0. The lowest BCUT2D eigenvalue weighted by Crippen LogP contribution is -2.41. The summed E-state index contributed by atoms with van der Waals surface area (Å²) < 4.78 is 5.31. The Morgan fingerprint density at radius 1 is 1.11 bits per heavy atom. The van der Waals surface area contributed by atoms with Gasteiger partial charge in [0.25, 0.3) is 0 Å². The van der Waals surface area contributed by atoms with Crippen molar-refractivity contribution in [2.45, 2.75) is 13.8 Å². The molecule has 1 aromatic carbocycles. The van der Waals surface area contributed by atoms with Crippen molar-refractivity contribution in [2.75, 3.05) is 51.3 Å². The van der Waals surface area contributed by atoms with Crippen molar-refractivity contribution >= 4 is 23.5 Å². The zero-order valence-corrected chi connectivity index (χ0v) is 15.7. The van der Waals surface area contributed by atoms with E-state index in [0.717, 1.165) is 50.6 Å². The van der Waals surface area contributed by atoms with Gasteiger partial charge in [-0.2, -0.15) is 0 Å². The summed E-state index contributed by atoms with van der Waals surface area (Å²) in [6.07, 6.45) is 0. The lowest BCUT2D eigenvalue weighted by atomic mass is 10.1. The molecule has 4 N–H and O–H groups in total. The summed E-state index contributed by atoms with van der Waals surface area (Å²) in [5.74, 6) is -3.64. The van der Waals surface area contributed by atoms with E-state index >= 15 is 0 Å². The van der Waals surface area contributed by atoms with E-state index in [0.29, 0.717) is 6.54 Å². The van der Waals surface area contributed by atoms with Crippen LogP contribution in [0.5, 0.6) is 0 Å². The highest BCUT2D eigenvalue weighted by atomic mass is 16.5. The average molecular weight is 381 g/mol. The van der Waals surface area contributed by atoms with E-state index in [9.17, 15) is 4.79 Å². The second kappa shape index (κ2) is 12.0. The van der Waals surface area contributed by atoms with Crippen molar-refractivity contribution in [3.63, 3.8) is 0 Å². The van der Waals surface area contributed by atoms with E-state index in [1.807, 2.05) is 32.0 Å². The maximum absolute atomic E-state index is 11.9. The third-order valence-corrected chi connectivity index (χ3v) is 4.06. The average Bonchev–Trinajstić information content (AvgIpc) is 2.64. The normalized spacial score (nSPS) is 14.0. The summed E-state index contributed by atoms with van der Waals surface area (Å²) in [6, 6.07) is 5.95. The standard InChI is InChI=1S/C16H25N3O2.C2H2O4/c1-13-4-3-5-15(14(13)2)18-16(20)12-17-6-7-19-8-10-21-11-9-19;3-1(4)2(5)6/h3-5,17H,6-12H2,1-2H3,(H,18,20);(H,3,4)(H,5,6). The Morgan fingerprint density at radius 2 is 1.74 bits per heavy atom. The van der Waals surface area contributed by atoms with Gasteiger partial charge in [-0.05, 0) is 31.0 Å². The van der Waals surface area contributed by atoms with Crippen LogP contribution in [0.1, 0.15) is 11.1 Å². The summed E-state index contributed by atoms with van der Waals surface area (Å²) in [5, 5.41) is 20.9. The van der Waals surface area contributed by atoms with Crippen molar-refractivity contribution in [1.82, 2.24) is 10.2 Å². The van der Waals surface area contributed by atoms with Crippen LogP contribution in [0.2, 0.25) is 0 Å². The van der Waals surface area contributed by atoms with Crippen LogP contribution in [0, 0.1) is 13.8 Å². The second-order valence-electron chi connectivity index (χ2n) is 6.04. The SMILES string of the molecule is Cc1cccc(NC(=O)CNCCN2CCOCC2)c1C.O=C(O)C(=O)O. The zero-order chi connectivity index (χ0) is 20.2. The number of carbonyl (C=O) groups is 3. The van der Waals surface area contributed by atoms with E-state index in [1.165, 1.54) is 5.56 Å². The molecule has 9 heteroatoms. The predicted octanol–water partition coefficient (Wildman–Crippen LogP) is 0.319. The number of carboxylic acid groups (broad SMARTS) is 2. The molecule has 1 heterocycles. The molecule has 0 aliphatic carbocycles. The first-order chi connectivity index (χ1) is 12.8. The van der Waals surface area contributed by atoms with E-state index in [2.05, 4.69) is 15.5 Å². The van der Waals surface area contributed by atoms with Gasteiger partial charge in [0.15, 0.2) is 0 Å². The largest absolute Gasteiger partial charge is 0.473 e. The molecular weight excluding hydrogens is 354 g/mol. The maximum atomic E-state index is 11.9. The van der Waals surface area contributed by atoms with Crippen molar-refractivity contribution in [2.24, 2.45) is 0 Å². The monoisotopic (exact) mass is 381 g/mol. The zero-order valence-electron chi connectivity index (χ0n) is 15.7. The Balaban J connectivity index is 0.000000527. The van der Waals surface area contributed by atoms with Crippen molar-refractivity contribution in [1.29, 1.82) is 0 Å². The first kappa shape index (κ1) is 22.6. The molecule has 9 nitrogen and oxygen atoms in total. The number of hydrogen-bond donors (Lipinski definition) is 4. The Kier molecular flexibility index (Phi) is 10.0. The smallest absolute Gasteiger partial charge is 0.414 e. The number of nitrogens with zero attached hydrogens (tertiary/aromatic N) is 1. The van der Waals surface area contributed by atoms with E-state index in [-0.39, 0.29) is 5.91 Å². The highest BCUT2D eigenvalue weighted by Crippen LogP contribution is 2.17. The number of nitrogens with one attached hydrogen (secondary N) is 2. The summed E-state index contributed by atoms with van der Waals surface area (Å²) in [6.45, 7) is 9.79. The molecule has 0 aromatic heterocycles. The van der Waals surface area contributed by atoms with E-state index < -0.39 is 11.9 Å². The number of rotatable bonds is 6. The van der Waals surface area contributed by atoms with Crippen LogP contribution in [0.4, 0.5) is 5.69 Å². The number of morpholine rings is 1. The molecule has 2 rings (SSSR count). The highest BCUT2D eigenvalue weighted by Gasteiger charge is 2.10. The van der Waals surface area contributed by atoms with E-state index in [4.69, 9.17) is 24.5 Å². The molecule has 0 saturated carbocycles. The minimum Gasteiger partial charge on any atom is -0.473 e. The predicted molar refractivity (Wildman–Crippen MR) is 99.9 cm³/mol. The van der Waals surface area contributed by atoms with E-state index in [1.54, 1.807) is 0 Å². The molecule has 0 atom stereocenters. The minimum atomic E-state index is -1.82. The number of anilines is 1. The van der Waals surface area contributed by atoms with Crippen molar-refractivity contribution < 1.29 is 29.3 Å². The Morgan fingerprint density at radius 3 is 2.33 bits per heavy atom. The fourth-order valence-corrected chi connectivity index (χ4v) is 2.34. The quantitative estimate of drug-likeness (QED) is 0.410. The highest BCUT2D eigenvalue weighted by molar-refractivity contribution is 6.27. The molecule has 1 aromatic rings. The third kappa shape index (κ3) is 9.13. The fourth-order valence-electron chi connectivity index (χ4n) is 2.34. The first-order valence-corrected chi connectivity index (χ1v) is 8.64. The van der Waals surface area contributed by atoms with Crippen LogP contribution in [0.15, 0.2) is 18.2 Å². The van der Waals surface area contributed by atoms with Gasteiger partial charge in [0.05, 0.1) is 19.8 Å². The van der Waals surface area contributed by atoms with Crippen LogP contribution in [-0.2, 0) is 19.1 Å². The second-order valence-corrected chi connectivity index (χ2v) is 6.04. The van der Waals surface area contributed by atoms with Gasteiger partial charge in [-0.3, -0.25) is 9.69 Å². The number of amides is 1. The van der Waals surface area contributed by atoms with Gasteiger partial charge in [0.1, 0.15) is 0 Å².